The standard InChI is InChI=1S/C20H18N2O3/c1-13-17(12-18(24)25-2)19(15-9-6-10-16(23)11-15)22-20(21-13)14-7-4-3-5-8-14/h3-11,23H,12H2,1-2H3. The maximum absolute atomic E-state index is 11.8. The van der Waals surface area contributed by atoms with E-state index in [2.05, 4.69) is 9.97 Å². The number of phenolic OH excluding ortho intramolecular Hbond substituents is 1. The fourth-order valence-corrected chi connectivity index (χ4v) is 2.63. The lowest BCUT2D eigenvalue weighted by Crippen LogP contribution is -2.10. The quantitative estimate of drug-likeness (QED) is 0.739. The van der Waals surface area contributed by atoms with Gasteiger partial charge in [-0.2, -0.15) is 0 Å². The van der Waals surface area contributed by atoms with Gasteiger partial charge in [-0.3, -0.25) is 4.79 Å². The van der Waals surface area contributed by atoms with Gasteiger partial charge in [0.25, 0.3) is 0 Å². The van der Waals surface area contributed by atoms with E-state index < -0.39 is 0 Å². The number of carbonyl (C=O) groups is 1. The molecule has 126 valence electrons. The third-order valence-electron chi connectivity index (χ3n) is 3.91. The SMILES string of the molecule is COC(=O)Cc1c(C)nc(-c2ccccc2)nc1-c1cccc(O)c1. The van der Waals surface area contributed by atoms with Crippen molar-refractivity contribution in [3.05, 3.63) is 65.9 Å². The molecular weight excluding hydrogens is 316 g/mol. The van der Waals surface area contributed by atoms with E-state index in [1.807, 2.05) is 43.3 Å². The summed E-state index contributed by atoms with van der Waals surface area (Å²) < 4.78 is 4.79. The molecule has 0 saturated carbocycles. The number of aromatic hydroxyl groups is 1. The van der Waals surface area contributed by atoms with Crippen LogP contribution >= 0.6 is 0 Å². The first-order chi connectivity index (χ1) is 12.1. The Kier molecular flexibility index (Phi) is 4.75. The fraction of sp³-hybridized carbons (Fsp3) is 0.150. The summed E-state index contributed by atoms with van der Waals surface area (Å²) in [5.74, 6) is 0.352. The Morgan fingerprint density at radius 3 is 2.44 bits per heavy atom. The molecule has 3 aromatic rings. The van der Waals surface area contributed by atoms with Crippen molar-refractivity contribution in [2.75, 3.05) is 7.11 Å². The predicted molar refractivity (Wildman–Crippen MR) is 95.0 cm³/mol. The lowest BCUT2D eigenvalue weighted by molar-refractivity contribution is -0.139. The number of nitrogens with zero attached hydrogens (tertiary/aromatic N) is 2. The summed E-state index contributed by atoms with van der Waals surface area (Å²) >= 11 is 0. The molecular formula is C20H18N2O3. The van der Waals surface area contributed by atoms with E-state index in [1.54, 1.807) is 18.2 Å². The van der Waals surface area contributed by atoms with E-state index in [0.717, 1.165) is 11.1 Å². The van der Waals surface area contributed by atoms with Crippen LogP contribution in [0.15, 0.2) is 54.6 Å². The second-order valence-corrected chi connectivity index (χ2v) is 5.63. The normalized spacial score (nSPS) is 10.5. The molecule has 0 aliphatic rings. The zero-order valence-electron chi connectivity index (χ0n) is 14.1. The van der Waals surface area contributed by atoms with Crippen molar-refractivity contribution in [1.29, 1.82) is 0 Å². The molecule has 0 atom stereocenters. The predicted octanol–water partition coefficient (Wildman–Crippen LogP) is 3.54. The molecule has 5 nitrogen and oxygen atoms in total. The van der Waals surface area contributed by atoms with E-state index in [-0.39, 0.29) is 18.1 Å². The topological polar surface area (TPSA) is 72.3 Å². The van der Waals surface area contributed by atoms with Gasteiger partial charge in [-0.15, -0.1) is 0 Å². The first-order valence-corrected chi connectivity index (χ1v) is 7.87. The van der Waals surface area contributed by atoms with Gasteiger partial charge >= 0.3 is 5.97 Å². The molecule has 0 amide bonds. The van der Waals surface area contributed by atoms with Crippen LogP contribution in [-0.2, 0) is 16.0 Å². The summed E-state index contributed by atoms with van der Waals surface area (Å²) in [4.78, 5) is 21.0. The zero-order chi connectivity index (χ0) is 17.8. The number of methoxy groups -OCH3 is 1. The molecule has 5 heteroatoms. The number of hydrogen-bond acceptors (Lipinski definition) is 5. The highest BCUT2D eigenvalue weighted by atomic mass is 16.5. The lowest BCUT2D eigenvalue weighted by atomic mass is 10.0. The van der Waals surface area contributed by atoms with Crippen molar-refractivity contribution in [3.8, 4) is 28.4 Å². The molecule has 1 heterocycles. The van der Waals surface area contributed by atoms with Crippen molar-refractivity contribution in [2.45, 2.75) is 13.3 Å². The first kappa shape index (κ1) is 16.6. The number of hydrogen-bond donors (Lipinski definition) is 1. The van der Waals surface area contributed by atoms with Crippen molar-refractivity contribution >= 4 is 5.97 Å². The summed E-state index contributed by atoms with van der Waals surface area (Å²) in [5.41, 5.74) is 3.63. The van der Waals surface area contributed by atoms with Crippen molar-refractivity contribution < 1.29 is 14.6 Å². The molecule has 0 saturated heterocycles. The van der Waals surface area contributed by atoms with Gasteiger partial charge in [-0.25, -0.2) is 9.97 Å². The molecule has 0 aliphatic carbocycles. The van der Waals surface area contributed by atoms with Crippen LogP contribution in [-0.4, -0.2) is 28.2 Å². The number of rotatable bonds is 4. The highest BCUT2D eigenvalue weighted by Crippen LogP contribution is 2.29. The van der Waals surface area contributed by atoms with Gasteiger partial charge in [0, 0.05) is 22.4 Å². The van der Waals surface area contributed by atoms with Crippen molar-refractivity contribution in [3.63, 3.8) is 0 Å². The summed E-state index contributed by atoms with van der Waals surface area (Å²) in [7, 11) is 1.35. The average Bonchev–Trinajstić information content (AvgIpc) is 2.63. The van der Waals surface area contributed by atoms with Crippen molar-refractivity contribution in [1.82, 2.24) is 9.97 Å². The molecule has 0 bridgehead atoms. The van der Waals surface area contributed by atoms with E-state index in [0.29, 0.717) is 22.8 Å². The molecule has 1 aromatic heterocycles. The molecule has 0 aliphatic heterocycles. The Morgan fingerprint density at radius 2 is 1.76 bits per heavy atom. The van der Waals surface area contributed by atoms with Gasteiger partial charge in [-0.1, -0.05) is 42.5 Å². The van der Waals surface area contributed by atoms with Crippen molar-refractivity contribution in [2.24, 2.45) is 0 Å². The summed E-state index contributed by atoms with van der Waals surface area (Å²) in [6.45, 7) is 1.85. The van der Waals surface area contributed by atoms with Crippen LogP contribution in [0.1, 0.15) is 11.3 Å². The van der Waals surface area contributed by atoms with Crippen LogP contribution in [0.3, 0.4) is 0 Å². The molecule has 0 fully saturated rings. The number of esters is 1. The van der Waals surface area contributed by atoms with E-state index in [1.165, 1.54) is 7.11 Å². The van der Waals surface area contributed by atoms with Crippen LogP contribution in [0, 0.1) is 6.92 Å². The smallest absolute Gasteiger partial charge is 0.310 e. The molecule has 25 heavy (non-hydrogen) atoms. The Bertz CT molecular complexity index is 908. The highest BCUT2D eigenvalue weighted by Gasteiger charge is 2.18. The van der Waals surface area contributed by atoms with Crippen LogP contribution in [0.2, 0.25) is 0 Å². The largest absolute Gasteiger partial charge is 0.508 e. The van der Waals surface area contributed by atoms with E-state index in [4.69, 9.17) is 4.74 Å². The van der Waals surface area contributed by atoms with Gasteiger partial charge in [0.05, 0.1) is 19.2 Å². The monoisotopic (exact) mass is 334 g/mol. The van der Waals surface area contributed by atoms with E-state index in [9.17, 15) is 9.90 Å². The Balaban J connectivity index is 2.20. The van der Waals surface area contributed by atoms with Crippen LogP contribution < -0.4 is 0 Å². The second-order valence-electron chi connectivity index (χ2n) is 5.63. The first-order valence-electron chi connectivity index (χ1n) is 7.87. The highest BCUT2D eigenvalue weighted by molar-refractivity contribution is 5.78. The molecule has 0 spiro atoms. The number of phenols is 1. The fourth-order valence-electron chi connectivity index (χ4n) is 2.63. The van der Waals surface area contributed by atoms with Crippen LogP contribution in [0.25, 0.3) is 22.6 Å². The van der Waals surface area contributed by atoms with Gasteiger partial charge in [0.1, 0.15) is 5.75 Å². The lowest BCUT2D eigenvalue weighted by Gasteiger charge is -2.13. The number of aromatic nitrogens is 2. The number of carbonyl (C=O) groups excluding carboxylic acids is 1. The third kappa shape index (κ3) is 3.66. The summed E-state index contributed by atoms with van der Waals surface area (Å²) in [5, 5.41) is 9.81. The maximum Gasteiger partial charge on any atom is 0.310 e. The van der Waals surface area contributed by atoms with Crippen LogP contribution in [0.5, 0.6) is 5.75 Å². The van der Waals surface area contributed by atoms with Gasteiger partial charge in [0.2, 0.25) is 0 Å². The van der Waals surface area contributed by atoms with Gasteiger partial charge in [-0.05, 0) is 19.1 Å². The number of ether oxygens (including phenoxy) is 1. The molecule has 3 rings (SSSR count). The van der Waals surface area contributed by atoms with Gasteiger partial charge in [0.15, 0.2) is 5.82 Å². The average molecular weight is 334 g/mol. The minimum atomic E-state index is -0.361. The van der Waals surface area contributed by atoms with E-state index >= 15 is 0 Å². The summed E-state index contributed by atoms with van der Waals surface area (Å²) in [6.07, 6.45) is 0.0718. The third-order valence-corrected chi connectivity index (χ3v) is 3.91. The Morgan fingerprint density at radius 1 is 1.04 bits per heavy atom. The number of aryl methyl sites for hydroxylation is 1. The van der Waals surface area contributed by atoms with Gasteiger partial charge < -0.3 is 9.84 Å². The molecule has 0 radical (unpaired) electrons. The van der Waals surface area contributed by atoms with Crippen LogP contribution in [0.4, 0.5) is 0 Å². The zero-order valence-corrected chi connectivity index (χ0v) is 14.1. The second kappa shape index (κ2) is 7.13. The Hall–Kier alpha value is -3.21. The molecule has 0 unspecified atom stereocenters. The summed E-state index contributed by atoms with van der Waals surface area (Å²) in [6, 6.07) is 16.4. The molecule has 1 N–H and O–H groups in total. The maximum atomic E-state index is 11.8. The minimum Gasteiger partial charge on any atom is -0.508 e. The minimum absolute atomic E-state index is 0.0718. The number of benzene rings is 2. The Labute approximate surface area is 146 Å². The molecule has 2 aromatic carbocycles.